The zero-order valence-electron chi connectivity index (χ0n) is 16.3. The molecule has 30 heavy (non-hydrogen) atoms. The van der Waals surface area contributed by atoms with Crippen molar-refractivity contribution < 1.29 is 14.3 Å². The molecule has 0 N–H and O–H groups in total. The molecule has 1 heterocycles. The lowest BCUT2D eigenvalue weighted by atomic mass is 9.91. The Morgan fingerprint density at radius 3 is 2.27 bits per heavy atom. The van der Waals surface area contributed by atoms with E-state index in [0.29, 0.717) is 28.1 Å². The highest BCUT2D eigenvalue weighted by atomic mass is 16.5. The molecular weight excluding hydrogens is 376 g/mol. The molecule has 1 aliphatic heterocycles. The quantitative estimate of drug-likeness (QED) is 0.478. The van der Waals surface area contributed by atoms with Gasteiger partial charge in [0.25, 0.3) is 11.8 Å². The van der Waals surface area contributed by atoms with Crippen LogP contribution in [0.2, 0.25) is 0 Å². The van der Waals surface area contributed by atoms with E-state index in [1.54, 1.807) is 42.5 Å². The Hall–Kier alpha value is -4.17. The second-order valence-corrected chi connectivity index (χ2v) is 6.85. The van der Waals surface area contributed by atoms with Gasteiger partial charge in [0.2, 0.25) is 0 Å². The molecule has 3 aromatic rings. The number of carbonyl (C=O) groups excluding carboxylic acids is 2. The number of carbonyl (C=O) groups is 2. The van der Waals surface area contributed by atoms with Gasteiger partial charge in [0, 0.05) is 11.1 Å². The zero-order valence-corrected chi connectivity index (χ0v) is 16.3. The molecule has 2 amide bonds. The van der Waals surface area contributed by atoms with E-state index in [-0.39, 0.29) is 18.4 Å². The SMILES string of the molecule is Cc1ccccc1N1C(=O)/C(=C\c2ccc(OCC#N)cc2)c2ccccc2C1=O. The number of nitriles is 1. The third-order valence-electron chi connectivity index (χ3n) is 4.94. The molecule has 1 aliphatic rings. The molecule has 0 unspecified atom stereocenters. The van der Waals surface area contributed by atoms with Gasteiger partial charge in [-0.05, 0) is 54.0 Å². The second-order valence-electron chi connectivity index (χ2n) is 6.85. The molecule has 0 spiro atoms. The molecule has 0 radical (unpaired) electrons. The van der Waals surface area contributed by atoms with Gasteiger partial charge < -0.3 is 4.74 Å². The lowest BCUT2D eigenvalue weighted by Gasteiger charge is -2.29. The Morgan fingerprint density at radius 2 is 1.57 bits per heavy atom. The van der Waals surface area contributed by atoms with Crippen molar-refractivity contribution in [3.63, 3.8) is 0 Å². The van der Waals surface area contributed by atoms with E-state index in [0.717, 1.165) is 11.1 Å². The molecule has 0 atom stereocenters. The van der Waals surface area contributed by atoms with E-state index in [2.05, 4.69) is 0 Å². The van der Waals surface area contributed by atoms with Gasteiger partial charge in [0.05, 0.1) is 5.69 Å². The molecule has 146 valence electrons. The number of amides is 2. The number of nitrogens with zero attached hydrogens (tertiary/aromatic N) is 2. The van der Waals surface area contributed by atoms with Gasteiger partial charge in [-0.1, -0.05) is 48.5 Å². The average molecular weight is 394 g/mol. The fourth-order valence-electron chi connectivity index (χ4n) is 3.47. The Morgan fingerprint density at radius 1 is 0.900 bits per heavy atom. The van der Waals surface area contributed by atoms with Gasteiger partial charge in [0.15, 0.2) is 6.61 Å². The Labute approximate surface area is 174 Å². The first kappa shape index (κ1) is 19.2. The van der Waals surface area contributed by atoms with Gasteiger partial charge in [0.1, 0.15) is 11.8 Å². The van der Waals surface area contributed by atoms with Crippen LogP contribution in [0.4, 0.5) is 5.69 Å². The van der Waals surface area contributed by atoms with Gasteiger partial charge in [-0.25, -0.2) is 4.90 Å². The smallest absolute Gasteiger partial charge is 0.265 e. The number of imide groups is 1. The molecule has 0 saturated heterocycles. The van der Waals surface area contributed by atoms with Gasteiger partial charge in [-0.3, -0.25) is 9.59 Å². The number of ether oxygens (including phenoxy) is 1. The number of anilines is 1. The molecule has 0 aliphatic carbocycles. The minimum Gasteiger partial charge on any atom is -0.479 e. The van der Waals surface area contributed by atoms with Crippen molar-refractivity contribution in [1.29, 1.82) is 5.26 Å². The van der Waals surface area contributed by atoms with Crippen molar-refractivity contribution in [2.24, 2.45) is 0 Å². The van der Waals surface area contributed by atoms with E-state index in [1.165, 1.54) is 4.90 Å². The van der Waals surface area contributed by atoms with E-state index in [4.69, 9.17) is 10.00 Å². The summed E-state index contributed by atoms with van der Waals surface area (Å²) in [5.41, 5.74) is 3.75. The highest BCUT2D eigenvalue weighted by molar-refractivity contribution is 6.43. The molecule has 5 nitrogen and oxygen atoms in total. The predicted octanol–water partition coefficient (Wildman–Crippen LogP) is 4.63. The normalized spacial score (nSPS) is 14.4. The van der Waals surface area contributed by atoms with Crippen LogP contribution in [0, 0.1) is 18.3 Å². The zero-order chi connectivity index (χ0) is 21.1. The monoisotopic (exact) mass is 394 g/mol. The molecule has 5 heteroatoms. The predicted molar refractivity (Wildman–Crippen MR) is 115 cm³/mol. The summed E-state index contributed by atoms with van der Waals surface area (Å²) < 4.78 is 5.28. The number of rotatable bonds is 4. The molecule has 0 fully saturated rings. The summed E-state index contributed by atoms with van der Waals surface area (Å²) in [4.78, 5) is 27.8. The third kappa shape index (κ3) is 3.47. The van der Waals surface area contributed by atoms with Crippen molar-refractivity contribution >= 4 is 29.2 Å². The molecular formula is C25H18N2O3. The van der Waals surface area contributed by atoms with E-state index < -0.39 is 0 Å². The molecule has 0 aromatic heterocycles. The summed E-state index contributed by atoms with van der Waals surface area (Å²) in [6.07, 6.45) is 1.77. The lowest BCUT2D eigenvalue weighted by molar-refractivity contribution is -0.112. The highest BCUT2D eigenvalue weighted by Crippen LogP contribution is 2.34. The molecule has 0 bridgehead atoms. The van der Waals surface area contributed by atoms with Gasteiger partial charge in [-0.2, -0.15) is 5.26 Å². The number of hydrogen-bond acceptors (Lipinski definition) is 4. The van der Waals surface area contributed by atoms with Crippen LogP contribution >= 0.6 is 0 Å². The summed E-state index contributed by atoms with van der Waals surface area (Å²) in [5, 5.41) is 8.63. The lowest BCUT2D eigenvalue weighted by Crippen LogP contribution is -2.42. The molecule has 3 aromatic carbocycles. The van der Waals surface area contributed by atoms with Crippen molar-refractivity contribution in [2.45, 2.75) is 6.92 Å². The van der Waals surface area contributed by atoms with E-state index >= 15 is 0 Å². The Balaban J connectivity index is 1.80. The van der Waals surface area contributed by atoms with Gasteiger partial charge in [-0.15, -0.1) is 0 Å². The number of para-hydroxylation sites is 1. The van der Waals surface area contributed by atoms with Crippen LogP contribution < -0.4 is 9.64 Å². The Bertz CT molecular complexity index is 1200. The maximum absolute atomic E-state index is 13.4. The largest absolute Gasteiger partial charge is 0.479 e. The summed E-state index contributed by atoms with van der Waals surface area (Å²) >= 11 is 0. The van der Waals surface area contributed by atoms with Crippen molar-refractivity contribution in [1.82, 2.24) is 0 Å². The van der Waals surface area contributed by atoms with Crippen LogP contribution in [0.3, 0.4) is 0 Å². The first-order chi connectivity index (χ1) is 14.6. The van der Waals surface area contributed by atoms with Crippen LogP contribution in [0.15, 0.2) is 72.8 Å². The number of aryl methyl sites for hydroxylation is 1. The summed E-state index contributed by atoms with van der Waals surface area (Å²) in [6, 6.07) is 23.5. The van der Waals surface area contributed by atoms with E-state index in [9.17, 15) is 9.59 Å². The molecule has 0 saturated carbocycles. The number of benzene rings is 3. The number of fused-ring (bicyclic) bond motifs is 1. The second kappa shape index (κ2) is 8.06. The third-order valence-corrected chi connectivity index (χ3v) is 4.94. The first-order valence-electron chi connectivity index (χ1n) is 9.45. The first-order valence-corrected chi connectivity index (χ1v) is 9.45. The van der Waals surface area contributed by atoms with Crippen LogP contribution in [0.1, 0.15) is 27.0 Å². The fourth-order valence-corrected chi connectivity index (χ4v) is 3.47. The summed E-state index contributed by atoms with van der Waals surface area (Å²) in [6.45, 7) is 1.85. The maximum Gasteiger partial charge on any atom is 0.265 e. The average Bonchev–Trinajstić information content (AvgIpc) is 2.77. The van der Waals surface area contributed by atoms with Crippen LogP contribution in [-0.4, -0.2) is 18.4 Å². The molecule has 4 rings (SSSR count). The minimum absolute atomic E-state index is 0.0280. The van der Waals surface area contributed by atoms with E-state index in [1.807, 2.05) is 49.4 Å². The van der Waals surface area contributed by atoms with Crippen molar-refractivity contribution in [3.8, 4) is 11.8 Å². The van der Waals surface area contributed by atoms with Gasteiger partial charge >= 0.3 is 0 Å². The number of hydrogen-bond donors (Lipinski definition) is 0. The minimum atomic E-state index is -0.363. The standard InChI is InChI=1S/C25H18N2O3/c1-17-6-2-5-9-23(17)27-24(28)21-8-4-3-7-20(21)22(25(27)29)16-18-10-12-19(13-11-18)30-15-14-26/h2-13,16H,15H2,1H3/b22-16-. The van der Waals surface area contributed by atoms with Crippen molar-refractivity contribution in [2.75, 3.05) is 11.5 Å². The fraction of sp³-hybridized carbons (Fsp3) is 0.0800. The summed E-state index contributed by atoms with van der Waals surface area (Å²) in [5.74, 6) is -0.120. The summed E-state index contributed by atoms with van der Waals surface area (Å²) in [7, 11) is 0. The van der Waals surface area contributed by atoms with Crippen LogP contribution in [0.5, 0.6) is 5.75 Å². The topological polar surface area (TPSA) is 70.4 Å². The van der Waals surface area contributed by atoms with Crippen LogP contribution in [-0.2, 0) is 4.79 Å². The highest BCUT2D eigenvalue weighted by Gasteiger charge is 2.36. The Kier molecular flexibility index (Phi) is 5.15. The van der Waals surface area contributed by atoms with Crippen molar-refractivity contribution in [3.05, 3.63) is 95.1 Å². The van der Waals surface area contributed by atoms with Crippen LogP contribution in [0.25, 0.3) is 11.6 Å². The maximum atomic E-state index is 13.4.